The third-order valence-electron chi connectivity index (χ3n) is 6.01. The van der Waals surface area contributed by atoms with Crippen LogP contribution in [0.5, 0.6) is 0 Å². The molecule has 0 amide bonds. The van der Waals surface area contributed by atoms with E-state index >= 15 is 0 Å². The van der Waals surface area contributed by atoms with Crippen molar-refractivity contribution in [1.82, 2.24) is 0 Å². The van der Waals surface area contributed by atoms with Gasteiger partial charge >= 0.3 is 27.7 Å². The summed E-state index contributed by atoms with van der Waals surface area (Å²) < 4.78 is 0. The molecule has 0 aromatic rings. The average molecular weight is 394 g/mol. The van der Waals surface area contributed by atoms with E-state index in [-0.39, 0.29) is 0 Å². The predicted octanol–water partition coefficient (Wildman–Crippen LogP) is 6.31. The van der Waals surface area contributed by atoms with E-state index < -0.39 is 7.26 Å². The van der Waals surface area contributed by atoms with Gasteiger partial charge in [0.05, 0.1) is 0 Å². The van der Waals surface area contributed by atoms with Crippen molar-refractivity contribution in [3.8, 4) is 0 Å². The van der Waals surface area contributed by atoms with Crippen LogP contribution in [-0.2, 0) is 18.2 Å². The molecule has 0 bridgehead atoms. The van der Waals surface area contributed by atoms with Crippen LogP contribution in [0.15, 0.2) is 0 Å². The Bertz CT molecular complexity index is 213. The maximum absolute atomic E-state index is 5.03. The van der Waals surface area contributed by atoms with E-state index in [1.807, 2.05) is 0 Å². The van der Waals surface area contributed by atoms with Gasteiger partial charge < -0.3 is 0 Å². The third kappa shape index (κ3) is 3.59. The van der Waals surface area contributed by atoms with Crippen LogP contribution in [0.4, 0.5) is 0 Å². The third-order valence-corrected chi connectivity index (χ3v) is 11.6. The van der Waals surface area contributed by atoms with Gasteiger partial charge in [0.2, 0.25) is 0 Å². The molecule has 0 atom stereocenters. The summed E-state index contributed by atoms with van der Waals surface area (Å²) in [4.78, 5) is 0. The SMILES string of the molecule is [CH2-][P+](C1CCCC1)(C1CCCC1)C1CCCC1.[Cl][Pd+]. The second kappa shape index (κ2) is 8.13. The minimum absolute atomic E-state index is 0.862. The van der Waals surface area contributed by atoms with Gasteiger partial charge in [-0.2, -0.15) is 6.66 Å². The summed E-state index contributed by atoms with van der Waals surface area (Å²) in [5.41, 5.74) is 3.27. The molecule has 3 fully saturated rings. The molecule has 0 nitrogen and oxygen atoms in total. The average Bonchev–Trinajstić information content (AvgIpc) is 3.22. The molecule has 0 unspecified atom stereocenters. The van der Waals surface area contributed by atoms with E-state index in [9.17, 15) is 0 Å². The number of hydrogen-bond acceptors (Lipinski definition) is 0. The Hall–Kier alpha value is 1.38. The summed E-state index contributed by atoms with van der Waals surface area (Å²) in [6, 6.07) is 0. The molecule has 3 aliphatic carbocycles. The van der Waals surface area contributed by atoms with Gasteiger partial charge in [0.1, 0.15) is 0 Å². The normalized spacial score (nSPS) is 26.7. The standard InChI is InChI=1S/C16H29P.ClH.Pd/c1-17(14-8-2-3-9-14,15-10-4-5-11-15)16-12-6-7-13-16;;/h14-16H,1-13H2;1H;/q;;+2/p-1. The van der Waals surface area contributed by atoms with Crippen LogP contribution in [0.3, 0.4) is 0 Å². The zero-order valence-corrected chi connectivity index (χ0v) is 15.3. The Labute approximate surface area is 135 Å². The van der Waals surface area contributed by atoms with Gasteiger partial charge in [0.15, 0.2) is 0 Å². The molecule has 3 rings (SSSR count). The van der Waals surface area contributed by atoms with Crippen LogP contribution in [0.1, 0.15) is 77.0 Å². The van der Waals surface area contributed by atoms with Crippen LogP contribution >= 0.6 is 16.8 Å². The first-order valence-corrected chi connectivity index (χ1v) is 12.3. The molecule has 0 saturated heterocycles. The molecule has 0 aromatic heterocycles. The monoisotopic (exact) mass is 393 g/mol. The molecule has 0 radical (unpaired) electrons. The van der Waals surface area contributed by atoms with Crippen LogP contribution in [-0.4, -0.2) is 17.0 Å². The van der Waals surface area contributed by atoms with Crippen molar-refractivity contribution in [2.75, 3.05) is 0 Å². The summed E-state index contributed by atoms with van der Waals surface area (Å²) in [5.74, 6) is 0. The van der Waals surface area contributed by atoms with E-state index in [1.165, 1.54) is 38.5 Å². The molecule has 0 N–H and O–H groups in total. The molecule has 0 heterocycles. The number of hydrogen-bond donors (Lipinski definition) is 0. The van der Waals surface area contributed by atoms with Crippen molar-refractivity contribution < 1.29 is 18.2 Å². The number of rotatable bonds is 3. The van der Waals surface area contributed by atoms with Gasteiger partial charge in [-0.25, -0.2) is 0 Å². The molecule has 0 aromatic carbocycles. The summed E-state index contributed by atoms with van der Waals surface area (Å²) in [6.07, 6.45) is 18.4. The maximum atomic E-state index is 5.03. The zero-order valence-electron chi connectivity index (χ0n) is 12.1. The van der Waals surface area contributed by atoms with E-state index in [1.54, 1.807) is 38.5 Å². The van der Waals surface area contributed by atoms with Gasteiger partial charge in [-0.15, -0.1) is 7.26 Å². The van der Waals surface area contributed by atoms with Crippen molar-refractivity contribution in [3.63, 3.8) is 0 Å². The summed E-state index contributed by atoms with van der Waals surface area (Å²) in [7, 11) is 3.63. The fourth-order valence-electron chi connectivity index (χ4n) is 5.05. The summed E-state index contributed by atoms with van der Waals surface area (Å²) >= 11 is 2.22. The van der Waals surface area contributed by atoms with E-state index in [0.717, 1.165) is 17.0 Å². The van der Waals surface area contributed by atoms with Crippen molar-refractivity contribution in [2.24, 2.45) is 0 Å². The van der Waals surface area contributed by atoms with E-state index in [4.69, 9.17) is 6.66 Å². The summed E-state index contributed by atoms with van der Waals surface area (Å²) in [5, 5.41) is 0. The molecule has 3 aliphatic rings. The topological polar surface area (TPSA) is 0 Å². The van der Waals surface area contributed by atoms with Crippen LogP contribution in [0.25, 0.3) is 0 Å². The van der Waals surface area contributed by atoms with Gasteiger partial charge in [-0.1, -0.05) is 0 Å². The van der Waals surface area contributed by atoms with Crippen LogP contribution in [0, 0.1) is 6.66 Å². The summed E-state index contributed by atoms with van der Waals surface area (Å²) in [6.45, 7) is 5.03. The number of halogens is 1. The van der Waals surface area contributed by atoms with Gasteiger partial charge in [-0.05, 0) is 77.0 Å². The second-order valence-electron chi connectivity index (χ2n) is 6.81. The molecule has 0 aliphatic heterocycles. The fraction of sp³-hybridized carbons (Fsp3) is 0.938. The van der Waals surface area contributed by atoms with E-state index in [2.05, 4.69) is 27.7 Å². The van der Waals surface area contributed by atoms with Gasteiger partial charge in [0.25, 0.3) is 0 Å². The molecular formula is C16H29ClPPd+. The Morgan fingerprint density at radius 3 is 1.05 bits per heavy atom. The molecule has 3 saturated carbocycles. The van der Waals surface area contributed by atoms with Gasteiger partial charge in [0, 0.05) is 17.0 Å². The van der Waals surface area contributed by atoms with Crippen molar-refractivity contribution in [1.29, 1.82) is 0 Å². The molecule has 114 valence electrons. The van der Waals surface area contributed by atoms with Crippen molar-refractivity contribution in [3.05, 3.63) is 6.66 Å². The predicted molar refractivity (Wildman–Crippen MR) is 84.9 cm³/mol. The first-order valence-electron chi connectivity index (χ1n) is 8.16. The van der Waals surface area contributed by atoms with Crippen LogP contribution in [0.2, 0.25) is 0 Å². The van der Waals surface area contributed by atoms with Crippen molar-refractivity contribution >= 4 is 16.8 Å². The van der Waals surface area contributed by atoms with E-state index in [0.29, 0.717) is 0 Å². The van der Waals surface area contributed by atoms with Gasteiger partial charge in [-0.3, -0.25) is 0 Å². The second-order valence-corrected chi connectivity index (χ2v) is 11.0. The Kier molecular flexibility index (Phi) is 7.17. The van der Waals surface area contributed by atoms with Crippen molar-refractivity contribution in [2.45, 2.75) is 94.0 Å². The molecule has 19 heavy (non-hydrogen) atoms. The molecule has 0 spiro atoms. The molecular weight excluding hydrogens is 365 g/mol. The Morgan fingerprint density at radius 1 is 0.632 bits per heavy atom. The van der Waals surface area contributed by atoms with Crippen LogP contribution < -0.4 is 0 Å². The molecule has 3 heteroatoms. The minimum atomic E-state index is -0.862. The quantitative estimate of drug-likeness (QED) is 0.299. The first-order chi connectivity index (χ1) is 9.32. The zero-order chi connectivity index (χ0) is 13.7. The Balaban J connectivity index is 0.000000637. The fourth-order valence-corrected chi connectivity index (χ4v) is 10.8. The first kappa shape index (κ1) is 16.7. The Morgan fingerprint density at radius 2 is 0.842 bits per heavy atom.